The number of amides is 1. The second-order valence-electron chi connectivity index (χ2n) is 7.94. The molecule has 0 unspecified atom stereocenters. The summed E-state index contributed by atoms with van der Waals surface area (Å²) in [6, 6.07) is 4.80. The van der Waals surface area contributed by atoms with Crippen LogP contribution in [0, 0.1) is 12.8 Å². The van der Waals surface area contributed by atoms with Gasteiger partial charge in [-0.2, -0.15) is 4.31 Å². The molecular weight excluding hydrogens is 392 g/mol. The Morgan fingerprint density at radius 1 is 1.14 bits per heavy atom. The van der Waals surface area contributed by atoms with Crippen molar-refractivity contribution < 1.29 is 22.7 Å². The van der Waals surface area contributed by atoms with E-state index in [9.17, 15) is 18.0 Å². The number of rotatable bonds is 8. The first kappa shape index (κ1) is 23.3. The quantitative estimate of drug-likeness (QED) is 0.645. The third kappa shape index (κ3) is 7.12. The van der Waals surface area contributed by atoms with Crippen LogP contribution in [0.1, 0.15) is 57.9 Å². The van der Waals surface area contributed by atoms with Crippen LogP contribution >= 0.6 is 0 Å². The summed E-state index contributed by atoms with van der Waals surface area (Å²) in [5.74, 6) is -0.527. The zero-order valence-corrected chi connectivity index (χ0v) is 18.4. The molecule has 1 amide bonds. The van der Waals surface area contributed by atoms with Gasteiger partial charge < -0.3 is 10.1 Å². The van der Waals surface area contributed by atoms with Gasteiger partial charge in [0, 0.05) is 25.2 Å². The zero-order valence-electron chi connectivity index (χ0n) is 17.6. The number of carbonyl (C=O) groups is 2. The van der Waals surface area contributed by atoms with Crippen molar-refractivity contribution in [3.8, 4) is 0 Å². The van der Waals surface area contributed by atoms with Crippen LogP contribution in [0.25, 0.3) is 0 Å². The molecule has 8 heteroatoms. The largest absolute Gasteiger partial charge is 0.456 e. The molecule has 1 heterocycles. The summed E-state index contributed by atoms with van der Waals surface area (Å²) in [5, 5.41) is 2.62. The van der Waals surface area contributed by atoms with E-state index in [1.807, 2.05) is 13.8 Å². The van der Waals surface area contributed by atoms with E-state index >= 15 is 0 Å². The average Bonchev–Trinajstić information content (AvgIpc) is 2.96. The molecule has 162 valence electrons. The molecule has 0 aliphatic carbocycles. The highest BCUT2D eigenvalue weighted by atomic mass is 32.2. The first-order chi connectivity index (χ1) is 13.7. The number of sulfonamides is 1. The molecule has 1 fully saturated rings. The minimum absolute atomic E-state index is 0.200. The average molecular weight is 425 g/mol. The van der Waals surface area contributed by atoms with Gasteiger partial charge in [0.05, 0.1) is 4.90 Å². The van der Waals surface area contributed by atoms with E-state index in [-0.39, 0.29) is 17.9 Å². The molecule has 1 aromatic carbocycles. The highest BCUT2D eigenvalue weighted by Gasteiger charge is 2.27. The summed E-state index contributed by atoms with van der Waals surface area (Å²) in [4.78, 5) is 24.0. The SMILES string of the molecule is Cc1ccc(NC(=O)COC(=O)CCC(C)C)cc1S(=O)(=O)N1CCCCCC1. The molecule has 1 aliphatic rings. The summed E-state index contributed by atoms with van der Waals surface area (Å²) < 4.78 is 32.7. The van der Waals surface area contributed by atoms with Crippen molar-refractivity contribution in [2.45, 2.75) is 64.2 Å². The predicted octanol–water partition coefficient (Wildman–Crippen LogP) is 3.48. The molecule has 0 saturated carbocycles. The molecule has 1 N–H and O–H groups in total. The lowest BCUT2D eigenvalue weighted by Crippen LogP contribution is -2.32. The Balaban J connectivity index is 2.02. The smallest absolute Gasteiger partial charge is 0.306 e. The number of nitrogens with zero attached hydrogens (tertiary/aromatic N) is 1. The van der Waals surface area contributed by atoms with Crippen LogP contribution in [-0.4, -0.2) is 44.3 Å². The van der Waals surface area contributed by atoms with E-state index in [4.69, 9.17) is 4.74 Å². The maximum absolute atomic E-state index is 13.1. The predicted molar refractivity (Wildman–Crippen MR) is 112 cm³/mol. The lowest BCUT2D eigenvalue weighted by atomic mass is 10.1. The van der Waals surface area contributed by atoms with Gasteiger partial charge in [-0.3, -0.25) is 9.59 Å². The Kier molecular flexibility index (Phi) is 8.64. The molecular formula is C21H32N2O5S. The number of benzene rings is 1. The van der Waals surface area contributed by atoms with Gasteiger partial charge in [-0.05, 0) is 49.8 Å². The fraction of sp³-hybridized carbons (Fsp3) is 0.619. The topological polar surface area (TPSA) is 92.8 Å². The van der Waals surface area contributed by atoms with Crippen LogP contribution < -0.4 is 5.32 Å². The zero-order chi connectivity index (χ0) is 21.4. The van der Waals surface area contributed by atoms with Crippen LogP contribution in [0.15, 0.2) is 23.1 Å². The van der Waals surface area contributed by atoms with Gasteiger partial charge in [-0.1, -0.05) is 32.8 Å². The van der Waals surface area contributed by atoms with Gasteiger partial charge in [-0.15, -0.1) is 0 Å². The Morgan fingerprint density at radius 3 is 2.41 bits per heavy atom. The van der Waals surface area contributed by atoms with Crippen molar-refractivity contribution in [2.24, 2.45) is 5.92 Å². The van der Waals surface area contributed by atoms with Crippen LogP contribution in [0.5, 0.6) is 0 Å². The molecule has 0 aromatic heterocycles. The second kappa shape index (κ2) is 10.7. The molecule has 0 bridgehead atoms. The third-order valence-corrected chi connectivity index (χ3v) is 6.99. The second-order valence-corrected chi connectivity index (χ2v) is 9.85. The summed E-state index contributed by atoms with van der Waals surface area (Å²) in [6.07, 6.45) is 4.77. The Morgan fingerprint density at radius 2 is 1.79 bits per heavy atom. The van der Waals surface area contributed by atoms with Crippen LogP contribution in [-0.2, 0) is 24.3 Å². The number of esters is 1. The molecule has 29 heavy (non-hydrogen) atoms. The first-order valence-electron chi connectivity index (χ1n) is 10.3. The summed E-state index contributed by atoms with van der Waals surface area (Å²) in [5.41, 5.74) is 1.000. The standard InChI is InChI=1S/C21H32N2O5S/c1-16(2)8-11-21(25)28-15-20(24)22-18-10-9-17(3)19(14-18)29(26,27)23-12-6-4-5-7-13-23/h9-10,14,16H,4-8,11-13,15H2,1-3H3,(H,22,24). The van der Waals surface area contributed by atoms with Crippen molar-refractivity contribution >= 4 is 27.6 Å². The van der Waals surface area contributed by atoms with Crippen molar-refractivity contribution in [2.75, 3.05) is 25.0 Å². The van der Waals surface area contributed by atoms with Crippen molar-refractivity contribution in [3.05, 3.63) is 23.8 Å². The molecule has 1 aromatic rings. The van der Waals surface area contributed by atoms with Crippen molar-refractivity contribution in [3.63, 3.8) is 0 Å². The number of ether oxygens (including phenoxy) is 1. The van der Waals surface area contributed by atoms with E-state index in [1.165, 1.54) is 10.4 Å². The van der Waals surface area contributed by atoms with Gasteiger partial charge in [0.1, 0.15) is 0 Å². The lowest BCUT2D eigenvalue weighted by molar-refractivity contribution is -0.147. The van der Waals surface area contributed by atoms with E-state index in [0.717, 1.165) is 25.7 Å². The summed E-state index contributed by atoms with van der Waals surface area (Å²) >= 11 is 0. The normalized spacial score (nSPS) is 15.7. The fourth-order valence-electron chi connectivity index (χ4n) is 3.20. The van der Waals surface area contributed by atoms with Crippen LogP contribution in [0.4, 0.5) is 5.69 Å². The lowest BCUT2D eigenvalue weighted by Gasteiger charge is -2.21. The number of nitrogens with one attached hydrogen (secondary N) is 1. The highest BCUT2D eigenvalue weighted by molar-refractivity contribution is 7.89. The van der Waals surface area contributed by atoms with E-state index in [1.54, 1.807) is 19.1 Å². The Labute approximate surface area is 173 Å². The highest BCUT2D eigenvalue weighted by Crippen LogP contribution is 2.25. The van der Waals surface area contributed by atoms with Gasteiger partial charge >= 0.3 is 5.97 Å². The molecule has 1 aliphatic heterocycles. The first-order valence-corrected chi connectivity index (χ1v) is 11.7. The monoisotopic (exact) mass is 424 g/mol. The van der Waals surface area contributed by atoms with Crippen molar-refractivity contribution in [1.29, 1.82) is 0 Å². The molecule has 0 spiro atoms. The summed E-state index contributed by atoms with van der Waals surface area (Å²) in [6.45, 7) is 6.41. The van der Waals surface area contributed by atoms with Gasteiger partial charge in [0.25, 0.3) is 5.91 Å². The van der Waals surface area contributed by atoms with E-state index in [2.05, 4.69) is 5.32 Å². The Bertz CT molecular complexity index is 812. The maximum atomic E-state index is 13.1. The van der Waals surface area contributed by atoms with Gasteiger partial charge in [0.15, 0.2) is 6.61 Å². The van der Waals surface area contributed by atoms with Crippen LogP contribution in [0.2, 0.25) is 0 Å². The number of hydrogen-bond acceptors (Lipinski definition) is 5. The molecule has 0 radical (unpaired) electrons. The van der Waals surface area contributed by atoms with Gasteiger partial charge in [0.2, 0.25) is 10.0 Å². The van der Waals surface area contributed by atoms with Crippen LogP contribution in [0.3, 0.4) is 0 Å². The Hall–Kier alpha value is -1.93. The summed E-state index contributed by atoms with van der Waals surface area (Å²) in [7, 11) is -3.62. The number of carbonyl (C=O) groups excluding carboxylic acids is 2. The molecule has 2 rings (SSSR count). The van der Waals surface area contributed by atoms with Gasteiger partial charge in [-0.25, -0.2) is 8.42 Å². The fourth-order valence-corrected chi connectivity index (χ4v) is 4.97. The van der Waals surface area contributed by atoms with E-state index in [0.29, 0.717) is 36.7 Å². The van der Waals surface area contributed by atoms with Crippen molar-refractivity contribution in [1.82, 2.24) is 4.31 Å². The number of hydrogen-bond donors (Lipinski definition) is 1. The minimum atomic E-state index is -3.62. The number of anilines is 1. The molecule has 7 nitrogen and oxygen atoms in total. The maximum Gasteiger partial charge on any atom is 0.306 e. The number of aryl methyl sites for hydroxylation is 1. The third-order valence-electron chi connectivity index (χ3n) is 4.94. The molecule has 0 atom stereocenters. The molecule has 1 saturated heterocycles. The van der Waals surface area contributed by atoms with E-state index < -0.39 is 21.9 Å². The minimum Gasteiger partial charge on any atom is -0.456 e.